The largest absolute Gasteiger partial charge is 0.456 e. The van der Waals surface area contributed by atoms with Crippen LogP contribution in [0.25, 0.3) is 0 Å². The molecule has 17 heavy (non-hydrogen) atoms. The Morgan fingerprint density at radius 1 is 1.41 bits per heavy atom. The van der Waals surface area contributed by atoms with Crippen LogP contribution in [0, 0.1) is 0 Å². The molecule has 90 valence electrons. The predicted octanol–water partition coefficient (Wildman–Crippen LogP) is 3.37. The third-order valence-corrected chi connectivity index (χ3v) is 2.24. The first-order chi connectivity index (χ1) is 7.83. The SMILES string of the molecule is CC(C)(C)OC(=O)c1cc(Br)ccc1N=C=O. The van der Waals surface area contributed by atoms with E-state index in [1.807, 2.05) is 0 Å². The van der Waals surface area contributed by atoms with Crippen LogP contribution in [0.15, 0.2) is 27.7 Å². The lowest BCUT2D eigenvalue weighted by Crippen LogP contribution is -2.23. The number of ether oxygens (including phenoxy) is 1. The van der Waals surface area contributed by atoms with Crippen molar-refractivity contribution in [1.82, 2.24) is 0 Å². The normalized spacial score (nSPS) is 10.6. The summed E-state index contributed by atoms with van der Waals surface area (Å²) in [6.45, 7) is 5.31. The van der Waals surface area contributed by atoms with Crippen molar-refractivity contribution in [3.8, 4) is 0 Å². The monoisotopic (exact) mass is 297 g/mol. The number of isocyanates is 1. The first kappa shape index (κ1) is 13.6. The number of hydrogen-bond acceptors (Lipinski definition) is 4. The number of carbonyl (C=O) groups is 1. The molecule has 5 heteroatoms. The Bertz CT molecular complexity index is 485. The van der Waals surface area contributed by atoms with E-state index in [-0.39, 0.29) is 11.3 Å². The quantitative estimate of drug-likeness (QED) is 0.478. The van der Waals surface area contributed by atoms with Crippen molar-refractivity contribution in [2.75, 3.05) is 0 Å². The summed E-state index contributed by atoms with van der Waals surface area (Å²) in [5.41, 5.74) is -0.114. The van der Waals surface area contributed by atoms with Crippen LogP contribution >= 0.6 is 15.9 Å². The van der Waals surface area contributed by atoms with Gasteiger partial charge in [0.2, 0.25) is 6.08 Å². The Kier molecular flexibility index (Phi) is 4.21. The maximum Gasteiger partial charge on any atom is 0.340 e. The van der Waals surface area contributed by atoms with Crippen LogP contribution in [0.2, 0.25) is 0 Å². The van der Waals surface area contributed by atoms with Crippen molar-refractivity contribution in [1.29, 1.82) is 0 Å². The molecule has 0 bridgehead atoms. The molecule has 0 aliphatic rings. The van der Waals surface area contributed by atoms with E-state index in [9.17, 15) is 9.59 Å². The van der Waals surface area contributed by atoms with E-state index < -0.39 is 11.6 Å². The van der Waals surface area contributed by atoms with Crippen LogP contribution in [-0.4, -0.2) is 17.7 Å². The van der Waals surface area contributed by atoms with Gasteiger partial charge in [0.05, 0.1) is 11.3 Å². The Morgan fingerprint density at radius 2 is 2.06 bits per heavy atom. The maximum atomic E-state index is 11.9. The minimum absolute atomic E-state index is 0.234. The van der Waals surface area contributed by atoms with Crippen LogP contribution < -0.4 is 0 Å². The van der Waals surface area contributed by atoms with Crippen molar-refractivity contribution >= 4 is 33.7 Å². The van der Waals surface area contributed by atoms with Gasteiger partial charge >= 0.3 is 5.97 Å². The van der Waals surface area contributed by atoms with Gasteiger partial charge in [-0.2, -0.15) is 4.99 Å². The number of halogens is 1. The Labute approximate surface area is 108 Å². The van der Waals surface area contributed by atoms with Gasteiger partial charge in [0.15, 0.2) is 0 Å². The highest BCUT2D eigenvalue weighted by Crippen LogP contribution is 2.25. The Morgan fingerprint density at radius 3 is 2.59 bits per heavy atom. The summed E-state index contributed by atoms with van der Waals surface area (Å²) in [6.07, 6.45) is 1.41. The van der Waals surface area contributed by atoms with Crippen molar-refractivity contribution in [2.24, 2.45) is 4.99 Å². The zero-order chi connectivity index (χ0) is 13.1. The molecule has 0 spiro atoms. The molecule has 1 rings (SSSR count). The highest BCUT2D eigenvalue weighted by atomic mass is 79.9. The summed E-state index contributed by atoms with van der Waals surface area (Å²) in [5.74, 6) is -0.521. The van der Waals surface area contributed by atoms with Gasteiger partial charge in [-0.1, -0.05) is 15.9 Å². The summed E-state index contributed by atoms with van der Waals surface area (Å²) in [6, 6.07) is 4.79. The van der Waals surface area contributed by atoms with Gasteiger partial charge in [-0.3, -0.25) is 0 Å². The molecule has 0 fully saturated rings. The minimum atomic E-state index is -0.596. The molecule has 0 radical (unpaired) electrons. The van der Waals surface area contributed by atoms with Crippen molar-refractivity contribution in [3.05, 3.63) is 28.2 Å². The molecule has 0 N–H and O–H groups in total. The van der Waals surface area contributed by atoms with E-state index in [2.05, 4.69) is 20.9 Å². The Balaban J connectivity index is 3.15. The maximum absolute atomic E-state index is 11.9. The topological polar surface area (TPSA) is 55.7 Å². The lowest BCUT2D eigenvalue weighted by atomic mass is 10.1. The molecule has 0 atom stereocenters. The van der Waals surface area contributed by atoms with Gasteiger partial charge in [-0.15, -0.1) is 0 Å². The van der Waals surface area contributed by atoms with E-state index in [0.717, 1.165) is 0 Å². The number of esters is 1. The summed E-state index contributed by atoms with van der Waals surface area (Å²) < 4.78 is 5.93. The number of carbonyl (C=O) groups excluding carboxylic acids is 2. The lowest BCUT2D eigenvalue weighted by molar-refractivity contribution is 0.00705. The molecule has 0 saturated heterocycles. The number of hydrogen-bond donors (Lipinski definition) is 0. The summed E-state index contributed by atoms with van der Waals surface area (Å²) in [7, 11) is 0. The lowest BCUT2D eigenvalue weighted by Gasteiger charge is -2.19. The average molecular weight is 298 g/mol. The van der Waals surface area contributed by atoms with Crippen LogP contribution in [0.1, 0.15) is 31.1 Å². The van der Waals surface area contributed by atoms with Crippen molar-refractivity contribution in [3.63, 3.8) is 0 Å². The molecule has 0 unspecified atom stereocenters. The number of benzene rings is 1. The molecule has 0 amide bonds. The van der Waals surface area contributed by atoms with Gasteiger partial charge < -0.3 is 4.74 Å². The van der Waals surface area contributed by atoms with Crippen LogP contribution in [-0.2, 0) is 9.53 Å². The standard InChI is InChI=1S/C12H12BrNO3/c1-12(2,3)17-11(16)9-6-8(13)4-5-10(9)14-7-15/h4-6H,1-3H3. The fraction of sp³-hybridized carbons (Fsp3) is 0.333. The van der Waals surface area contributed by atoms with E-state index in [1.165, 1.54) is 6.08 Å². The number of rotatable bonds is 2. The van der Waals surface area contributed by atoms with E-state index in [4.69, 9.17) is 4.74 Å². The highest BCUT2D eigenvalue weighted by molar-refractivity contribution is 9.10. The predicted molar refractivity (Wildman–Crippen MR) is 67.1 cm³/mol. The molecular weight excluding hydrogens is 286 g/mol. The van der Waals surface area contributed by atoms with Gasteiger partial charge in [0.1, 0.15) is 5.60 Å². The van der Waals surface area contributed by atoms with Crippen molar-refractivity contribution in [2.45, 2.75) is 26.4 Å². The zero-order valence-corrected chi connectivity index (χ0v) is 11.4. The molecule has 0 heterocycles. The third-order valence-electron chi connectivity index (χ3n) is 1.74. The third kappa shape index (κ3) is 4.13. The van der Waals surface area contributed by atoms with E-state index in [1.54, 1.807) is 39.0 Å². The molecule has 1 aromatic carbocycles. The second kappa shape index (κ2) is 5.25. The Hall–Kier alpha value is -1.45. The van der Waals surface area contributed by atoms with Gasteiger partial charge in [-0.25, -0.2) is 9.59 Å². The molecule has 1 aromatic rings. The van der Waals surface area contributed by atoms with Gasteiger partial charge in [0, 0.05) is 4.47 Å². The second-order valence-electron chi connectivity index (χ2n) is 4.37. The fourth-order valence-corrected chi connectivity index (χ4v) is 1.51. The minimum Gasteiger partial charge on any atom is -0.456 e. The molecule has 0 aliphatic heterocycles. The van der Waals surface area contributed by atoms with Gasteiger partial charge in [-0.05, 0) is 39.0 Å². The molecular formula is C12H12BrNO3. The first-order valence-electron chi connectivity index (χ1n) is 4.94. The summed E-state index contributed by atoms with van der Waals surface area (Å²) in [4.78, 5) is 25.6. The van der Waals surface area contributed by atoms with Gasteiger partial charge in [0.25, 0.3) is 0 Å². The fourth-order valence-electron chi connectivity index (χ4n) is 1.15. The number of nitrogens with zero attached hydrogens (tertiary/aromatic N) is 1. The molecule has 0 saturated carbocycles. The molecule has 0 aliphatic carbocycles. The second-order valence-corrected chi connectivity index (χ2v) is 5.28. The first-order valence-corrected chi connectivity index (χ1v) is 5.73. The molecule has 4 nitrogen and oxygen atoms in total. The van der Waals surface area contributed by atoms with Crippen LogP contribution in [0.5, 0.6) is 0 Å². The average Bonchev–Trinajstić information content (AvgIpc) is 2.18. The highest BCUT2D eigenvalue weighted by Gasteiger charge is 2.20. The van der Waals surface area contributed by atoms with E-state index in [0.29, 0.717) is 4.47 Å². The smallest absolute Gasteiger partial charge is 0.340 e. The van der Waals surface area contributed by atoms with E-state index >= 15 is 0 Å². The molecule has 0 aromatic heterocycles. The van der Waals surface area contributed by atoms with Crippen molar-refractivity contribution < 1.29 is 14.3 Å². The summed E-state index contributed by atoms with van der Waals surface area (Å²) >= 11 is 3.25. The van der Waals surface area contributed by atoms with Crippen LogP contribution in [0.4, 0.5) is 5.69 Å². The number of aliphatic imine (C=N–C) groups is 1. The summed E-state index contributed by atoms with van der Waals surface area (Å²) in [5, 5.41) is 0. The van der Waals surface area contributed by atoms with Crippen LogP contribution in [0.3, 0.4) is 0 Å². The zero-order valence-electron chi connectivity index (χ0n) is 9.78.